The number of carbonyl (C=O) groups is 2. The van der Waals surface area contributed by atoms with E-state index in [1.807, 2.05) is 0 Å². The summed E-state index contributed by atoms with van der Waals surface area (Å²) in [5.41, 5.74) is 0. The van der Waals surface area contributed by atoms with E-state index >= 15 is 0 Å². The number of carbonyl (C=O) groups excluding carboxylic acids is 2. The predicted octanol–water partition coefficient (Wildman–Crippen LogP) is 2.67. The number of quaternary nitrogens is 1. The average molecular weight is 326 g/mol. The number of rotatable bonds is 7. The van der Waals surface area contributed by atoms with Gasteiger partial charge in [0.25, 0.3) is 0 Å². The Labute approximate surface area is 139 Å². The molecule has 2 heterocycles. The predicted molar refractivity (Wildman–Crippen MR) is 87.7 cm³/mol. The third-order valence-electron chi connectivity index (χ3n) is 5.71. The summed E-state index contributed by atoms with van der Waals surface area (Å²) in [4.78, 5) is 22.9. The molecule has 23 heavy (non-hydrogen) atoms. The van der Waals surface area contributed by atoms with Crippen molar-refractivity contribution in [2.45, 2.75) is 63.8 Å². The molecule has 0 aromatic rings. The van der Waals surface area contributed by atoms with Crippen molar-refractivity contribution < 1.29 is 23.5 Å². The molecule has 0 saturated carbocycles. The fourth-order valence-electron chi connectivity index (χ4n) is 4.34. The smallest absolute Gasteiger partial charge is 0.305 e. The maximum Gasteiger partial charge on any atom is 0.305 e. The lowest BCUT2D eigenvalue weighted by Gasteiger charge is -2.51. The van der Waals surface area contributed by atoms with Crippen LogP contribution >= 0.6 is 0 Å². The van der Waals surface area contributed by atoms with Crippen molar-refractivity contribution in [3.63, 3.8) is 0 Å². The molecule has 3 unspecified atom stereocenters. The lowest BCUT2D eigenvalue weighted by atomic mass is 9.82. The molecule has 2 fully saturated rings. The highest BCUT2D eigenvalue weighted by atomic mass is 16.5. The number of fused-ring (bicyclic) bond motifs is 1. The van der Waals surface area contributed by atoms with E-state index in [4.69, 9.17) is 4.74 Å². The van der Waals surface area contributed by atoms with Crippen molar-refractivity contribution in [3.05, 3.63) is 0 Å². The van der Waals surface area contributed by atoms with Gasteiger partial charge in [0.2, 0.25) is 0 Å². The summed E-state index contributed by atoms with van der Waals surface area (Å²) in [5, 5.41) is 0. The highest BCUT2D eigenvalue weighted by molar-refractivity contribution is 5.70. The van der Waals surface area contributed by atoms with Crippen LogP contribution in [0.4, 0.5) is 0 Å². The van der Waals surface area contributed by atoms with Crippen LogP contribution in [0.25, 0.3) is 0 Å². The molecule has 0 spiro atoms. The standard InChI is InChI=1S/C18H32NO4/c1-19-12-6-5-9-16(19)15(8-7-13-19)14-23-18(21)11-4-3-10-17(20)22-2/h15-16H,3-14H2,1-2H3/q+1. The fraction of sp³-hybridized carbons (Fsp3) is 0.889. The first kappa shape index (κ1) is 18.2. The van der Waals surface area contributed by atoms with Crippen LogP contribution in [0, 0.1) is 5.92 Å². The number of esters is 2. The Morgan fingerprint density at radius 3 is 2.43 bits per heavy atom. The summed E-state index contributed by atoms with van der Waals surface area (Å²) in [6.45, 7) is 3.14. The summed E-state index contributed by atoms with van der Waals surface area (Å²) in [7, 11) is 3.77. The van der Waals surface area contributed by atoms with Gasteiger partial charge in [-0.05, 0) is 38.5 Å². The van der Waals surface area contributed by atoms with Crippen molar-refractivity contribution >= 4 is 11.9 Å². The molecule has 0 aromatic heterocycles. The molecule has 2 aliphatic heterocycles. The largest absolute Gasteiger partial charge is 0.469 e. The normalized spacial score (nSPS) is 30.3. The van der Waals surface area contributed by atoms with Crippen LogP contribution < -0.4 is 0 Å². The molecule has 0 bridgehead atoms. The van der Waals surface area contributed by atoms with Crippen molar-refractivity contribution in [3.8, 4) is 0 Å². The van der Waals surface area contributed by atoms with Crippen LogP contribution in [0.1, 0.15) is 57.8 Å². The number of unbranched alkanes of at least 4 members (excludes halogenated alkanes) is 1. The van der Waals surface area contributed by atoms with Gasteiger partial charge < -0.3 is 14.0 Å². The van der Waals surface area contributed by atoms with E-state index in [0.717, 1.165) is 0 Å². The first-order valence-corrected chi connectivity index (χ1v) is 9.12. The Bertz CT molecular complexity index is 408. The second-order valence-electron chi connectivity index (χ2n) is 7.36. The summed E-state index contributed by atoms with van der Waals surface area (Å²) < 4.78 is 11.3. The van der Waals surface area contributed by atoms with Crippen molar-refractivity contribution in [1.29, 1.82) is 0 Å². The van der Waals surface area contributed by atoms with E-state index < -0.39 is 0 Å². The SMILES string of the molecule is COC(=O)CCCCC(=O)OCC1CCC[N+]2(C)CCCCC12. The van der Waals surface area contributed by atoms with E-state index in [9.17, 15) is 9.59 Å². The van der Waals surface area contributed by atoms with Gasteiger partial charge in [-0.1, -0.05) is 0 Å². The highest BCUT2D eigenvalue weighted by Gasteiger charge is 2.43. The summed E-state index contributed by atoms with van der Waals surface area (Å²) in [6.07, 6.45) is 8.51. The zero-order chi connectivity index (χ0) is 16.7. The van der Waals surface area contributed by atoms with Gasteiger partial charge in [-0.2, -0.15) is 0 Å². The minimum atomic E-state index is -0.213. The van der Waals surface area contributed by atoms with Gasteiger partial charge in [-0.25, -0.2) is 0 Å². The first-order chi connectivity index (χ1) is 11.0. The molecule has 5 heteroatoms. The number of nitrogens with zero attached hydrogens (tertiary/aromatic N) is 1. The Morgan fingerprint density at radius 1 is 1.00 bits per heavy atom. The van der Waals surface area contributed by atoms with Crippen LogP contribution in [0.5, 0.6) is 0 Å². The Kier molecular flexibility index (Phi) is 6.88. The molecule has 0 aromatic carbocycles. The van der Waals surface area contributed by atoms with Crippen molar-refractivity contribution in [2.75, 3.05) is 33.9 Å². The van der Waals surface area contributed by atoms with Gasteiger partial charge in [0.05, 0.1) is 39.9 Å². The third-order valence-corrected chi connectivity index (χ3v) is 5.71. The van der Waals surface area contributed by atoms with Gasteiger partial charge in [0.1, 0.15) is 0 Å². The topological polar surface area (TPSA) is 52.6 Å². The number of methoxy groups -OCH3 is 1. The molecular weight excluding hydrogens is 294 g/mol. The van der Waals surface area contributed by atoms with Crippen LogP contribution in [0.3, 0.4) is 0 Å². The maximum atomic E-state index is 11.9. The quantitative estimate of drug-likeness (QED) is 0.410. The highest BCUT2D eigenvalue weighted by Crippen LogP contribution is 2.36. The summed E-state index contributed by atoms with van der Waals surface area (Å²) >= 11 is 0. The molecule has 0 aliphatic carbocycles. The van der Waals surface area contributed by atoms with E-state index in [-0.39, 0.29) is 11.9 Å². The second-order valence-corrected chi connectivity index (χ2v) is 7.36. The number of hydrogen-bond donors (Lipinski definition) is 0. The zero-order valence-corrected chi connectivity index (χ0v) is 14.7. The number of ether oxygens (including phenoxy) is 2. The van der Waals surface area contributed by atoms with Gasteiger partial charge in [0, 0.05) is 25.2 Å². The fourth-order valence-corrected chi connectivity index (χ4v) is 4.34. The zero-order valence-electron chi connectivity index (χ0n) is 14.7. The lowest BCUT2D eigenvalue weighted by Crippen LogP contribution is -2.61. The van der Waals surface area contributed by atoms with Crippen LogP contribution in [0.15, 0.2) is 0 Å². The third kappa shape index (κ3) is 5.20. The first-order valence-electron chi connectivity index (χ1n) is 9.12. The van der Waals surface area contributed by atoms with E-state index in [1.54, 1.807) is 0 Å². The Hall–Kier alpha value is -1.10. The number of piperidine rings is 2. The second kappa shape index (κ2) is 8.67. The molecule has 2 rings (SSSR count). The summed E-state index contributed by atoms with van der Waals surface area (Å²) in [5.74, 6) is 0.188. The number of hydrogen-bond acceptors (Lipinski definition) is 4. The Morgan fingerprint density at radius 2 is 1.70 bits per heavy atom. The van der Waals surface area contributed by atoms with Crippen LogP contribution in [-0.2, 0) is 19.1 Å². The Balaban J connectivity index is 1.68. The summed E-state index contributed by atoms with van der Waals surface area (Å²) in [6, 6.07) is 0.671. The molecular formula is C18H32NO4+. The van der Waals surface area contributed by atoms with E-state index in [1.165, 1.54) is 56.8 Å². The maximum absolute atomic E-state index is 11.9. The average Bonchev–Trinajstić information content (AvgIpc) is 2.55. The van der Waals surface area contributed by atoms with Gasteiger partial charge in [-0.3, -0.25) is 9.59 Å². The van der Waals surface area contributed by atoms with E-state index in [0.29, 0.717) is 44.2 Å². The molecule has 3 atom stereocenters. The monoisotopic (exact) mass is 326 g/mol. The lowest BCUT2D eigenvalue weighted by molar-refractivity contribution is -0.947. The van der Waals surface area contributed by atoms with Gasteiger partial charge in [0.15, 0.2) is 0 Å². The molecule has 0 N–H and O–H groups in total. The minimum absolute atomic E-state index is 0.120. The van der Waals surface area contributed by atoms with E-state index in [2.05, 4.69) is 11.8 Å². The molecule has 2 aliphatic rings. The minimum Gasteiger partial charge on any atom is -0.469 e. The van der Waals surface area contributed by atoms with Crippen LogP contribution in [-0.4, -0.2) is 56.3 Å². The van der Waals surface area contributed by atoms with Gasteiger partial charge in [-0.15, -0.1) is 0 Å². The molecule has 0 amide bonds. The molecule has 5 nitrogen and oxygen atoms in total. The molecule has 2 saturated heterocycles. The van der Waals surface area contributed by atoms with Crippen LogP contribution in [0.2, 0.25) is 0 Å². The molecule has 0 radical (unpaired) electrons. The van der Waals surface area contributed by atoms with Crippen molar-refractivity contribution in [2.24, 2.45) is 5.92 Å². The van der Waals surface area contributed by atoms with Crippen molar-refractivity contribution in [1.82, 2.24) is 0 Å². The van der Waals surface area contributed by atoms with Gasteiger partial charge >= 0.3 is 11.9 Å². The molecule has 132 valence electrons.